The van der Waals surface area contributed by atoms with E-state index < -0.39 is 0 Å². The predicted octanol–water partition coefficient (Wildman–Crippen LogP) is 2.27. The van der Waals surface area contributed by atoms with E-state index in [2.05, 4.69) is 34.6 Å². The number of likely N-dealkylation sites (tertiary alicyclic amines) is 1. The number of nitrogens with zero attached hydrogens (tertiary/aromatic N) is 4. The number of piperidine rings is 1. The molecular formula is C18H22N4O2S. The average Bonchev–Trinajstić information content (AvgIpc) is 3.14. The van der Waals surface area contributed by atoms with Crippen molar-refractivity contribution < 1.29 is 9.53 Å². The number of ether oxygens (including phenoxy) is 1. The van der Waals surface area contributed by atoms with Gasteiger partial charge in [0.25, 0.3) is 0 Å². The van der Waals surface area contributed by atoms with Crippen LogP contribution < -0.4 is 0 Å². The maximum absolute atomic E-state index is 12.5. The van der Waals surface area contributed by atoms with E-state index in [1.165, 1.54) is 5.56 Å². The van der Waals surface area contributed by atoms with Gasteiger partial charge in [0.05, 0.1) is 30.6 Å². The van der Waals surface area contributed by atoms with Gasteiger partial charge in [-0.3, -0.25) is 4.79 Å². The van der Waals surface area contributed by atoms with Crippen molar-refractivity contribution >= 4 is 17.7 Å². The standard InChI is InChI=1S/C18H22N4O2S/c23-18(7-9-25-13-14-4-2-1-3-5-14)21-8-6-16-17(11-21)24-12-15-10-19-20-22(15)16/h1-5,10,16-17H,6-9,11-13H2/t16-,17-/m0/s1. The van der Waals surface area contributed by atoms with Gasteiger partial charge in [-0.1, -0.05) is 35.5 Å². The molecule has 3 heterocycles. The number of amides is 1. The Balaban J connectivity index is 1.24. The van der Waals surface area contributed by atoms with Crippen molar-refractivity contribution in [3.8, 4) is 0 Å². The predicted molar refractivity (Wildman–Crippen MR) is 96.1 cm³/mol. The van der Waals surface area contributed by atoms with Crippen LogP contribution in [0, 0.1) is 0 Å². The third kappa shape index (κ3) is 3.72. The SMILES string of the molecule is O=C(CCSCc1ccccc1)N1CC[C@H]2[C@H](C1)OCc1cnnn12. The molecule has 1 saturated heterocycles. The fourth-order valence-electron chi connectivity index (χ4n) is 3.50. The number of hydrogen-bond acceptors (Lipinski definition) is 5. The number of fused-ring (bicyclic) bond motifs is 3. The minimum Gasteiger partial charge on any atom is -0.368 e. The maximum atomic E-state index is 12.5. The first kappa shape index (κ1) is 16.6. The summed E-state index contributed by atoms with van der Waals surface area (Å²) in [6.45, 7) is 1.96. The molecule has 7 heteroatoms. The molecule has 1 amide bonds. The minimum absolute atomic E-state index is 0.0314. The van der Waals surface area contributed by atoms with Crippen LogP contribution in [0.5, 0.6) is 0 Å². The zero-order valence-electron chi connectivity index (χ0n) is 14.1. The molecule has 0 spiro atoms. The Morgan fingerprint density at radius 3 is 3.08 bits per heavy atom. The topological polar surface area (TPSA) is 60.3 Å². The van der Waals surface area contributed by atoms with E-state index in [4.69, 9.17) is 4.74 Å². The van der Waals surface area contributed by atoms with Crippen LogP contribution in [0.1, 0.15) is 30.1 Å². The molecule has 0 saturated carbocycles. The largest absolute Gasteiger partial charge is 0.368 e. The molecular weight excluding hydrogens is 336 g/mol. The summed E-state index contributed by atoms with van der Waals surface area (Å²) in [7, 11) is 0. The highest BCUT2D eigenvalue weighted by molar-refractivity contribution is 7.98. The lowest BCUT2D eigenvalue weighted by Gasteiger charge is -2.41. The van der Waals surface area contributed by atoms with Gasteiger partial charge in [-0.2, -0.15) is 11.8 Å². The second kappa shape index (κ2) is 7.58. The molecule has 6 nitrogen and oxygen atoms in total. The monoisotopic (exact) mass is 358 g/mol. The number of carbonyl (C=O) groups excluding carboxylic acids is 1. The summed E-state index contributed by atoms with van der Waals surface area (Å²) in [6.07, 6.45) is 3.26. The second-order valence-corrected chi connectivity index (χ2v) is 7.61. The van der Waals surface area contributed by atoms with Gasteiger partial charge in [-0.15, -0.1) is 5.10 Å². The van der Waals surface area contributed by atoms with Gasteiger partial charge >= 0.3 is 0 Å². The van der Waals surface area contributed by atoms with E-state index in [1.54, 1.807) is 6.20 Å². The van der Waals surface area contributed by atoms with Crippen molar-refractivity contribution in [2.24, 2.45) is 0 Å². The molecule has 1 aromatic heterocycles. The van der Waals surface area contributed by atoms with Crippen LogP contribution in [0.4, 0.5) is 0 Å². The lowest BCUT2D eigenvalue weighted by molar-refractivity contribution is -0.139. The summed E-state index contributed by atoms with van der Waals surface area (Å²) < 4.78 is 7.91. The van der Waals surface area contributed by atoms with Crippen LogP contribution in [0.25, 0.3) is 0 Å². The number of carbonyl (C=O) groups is 1. The summed E-state index contributed by atoms with van der Waals surface area (Å²) in [5, 5.41) is 8.15. The van der Waals surface area contributed by atoms with Crippen molar-refractivity contribution in [2.75, 3.05) is 18.8 Å². The molecule has 0 N–H and O–H groups in total. The summed E-state index contributed by atoms with van der Waals surface area (Å²) in [5.41, 5.74) is 2.33. The van der Waals surface area contributed by atoms with Crippen LogP contribution in [-0.2, 0) is 21.9 Å². The third-order valence-corrected chi connectivity index (χ3v) is 5.89. The molecule has 25 heavy (non-hydrogen) atoms. The van der Waals surface area contributed by atoms with Crippen molar-refractivity contribution in [1.82, 2.24) is 19.9 Å². The lowest BCUT2D eigenvalue weighted by Crippen LogP contribution is -2.50. The van der Waals surface area contributed by atoms with Gasteiger partial charge in [0.1, 0.15) is 0 Å². The number of thioether (sulfide) groups is 1. The first-order valence-corrected chi connectivity index (χ1v) is 9.87. The molecule has 2 atom stereocenters. The Morgan fingerprint density at radius 1 is 1.32 bits per heavy atom. The Bertz CT molecular complexity index is 721. The van der Waals surface area contributed by atoms with Crippen LogP contribution >= 0.6 is 11.8 Å². The quantitative estimate of drug-likeness (QED) is 0.768. The lowest BCUT2D eigenvalue weighted by atomic mass is 10.00. The zero-order valence-corrected chi connectivity index (χ0v) is 14.9. The molecule has 132 valence electrons. The van der Waals surface area contributed by atoms with Crippen molar-refractivity contribution in [1.29, 1.82) is 0 Å². The highest BCUT2D eigenvalue weighted by Gasteiger charge is 2.37. The summed E-state index contributed by atoms with van der Waals surface area (Å²) in [6, 6.07) is 10.6. The minimum atomic E-state index is 0.0314. The zero-order chi connectivity index (χ0) is 17.1. The van der Waals surface area contributed by atoms with Crippen LogP contribution in [0.3, 0.4) is 0 Å². The summed E-state index contributed by atoms with van der Waals surface area (Å²) >= 11 is 1.81. The first-order valence-electron chi connectivity index (χ1n) is 8.71. The van der Waals surface area contributed by atoms with E-state index in [0.29, 0.717) is 19.6 Å². The van der Waals surface area contributed by atoms with Gasteiger partial charge in [-0.25, -0.2) is 4.68 Å². The van der Waals surface area contributed by atoms with Gasteiger partial charge in [0.15, 0.2) is 0 Å². The maximum Gasteiger partial charge on any atom is 0.223 e. The fourth-order valence-corrected chi connectivity index (χ4v) is 4.39. The molecule has 2 aliphatic heterocycles. The smallest absolute Gasteiger partial charge is 0.223 e. The van der Waals surface area contributed by atoms with E-state index in [9.17, 15) is 4.79 Å². The first-order chi connectivity index (χ1) is 12.3. The molecule has 0 radical (unpaired) electrons. The summed E-state index contributed by atoms with van der Waals surface area (Å²) in [5.74, 6) is 2.04. The van der Waals surface area contributed by atoms with Crippen LogP contribution in [0.2, 0.25) is 0 Å². The molecule has 2 aromatic rings. The van der Waals surface area contributed by atoms with E-state index in [-0.39, 0.29) is 18.1 Å². The highest BCUT2D eigenvalue weighted by Crippen LogP contribution is 2.30. The van der Waals surface area contributed by atoms with Crippen molar-refractivity contribution in [2.45, 2.75) is 37.3 Å². The average molecular weight is 358 g/mol. The molecule has 2 aliphatic rings. The third-order valence-electron chi connectivity index (χ3n) is 4.86. The van der Waals surface area contributed by atoms with E-state index in [0.717, 1.165) is 30.2 Å². The number of rotatable bonds is 5. The molecule has 0 aliphatic carbocycles. The normalized spacial score (nSPS) is 22.3. The number of benzene rings is 1. The Morgan fingerprint density at radius 2 is 2.20 bits per heavy atom. The second-order valence-electron chi connectivity index (χ2n) is 6.50. The molecule has 1 fully saturated rings. The molecule has 4 rings (SSSR count). The van der Waals surface area contributed by atoms with E-state index in [1.807, 2.05) is 27.4 Å². The molecule has 0 bridgehead atoms. The van der Waals surface area contributed by atoms with Crippen molar-refractivity contribution in [3.05, 3.63) is 47.8 Å². The van der Waals surface area contributed by atoms with Gasteiger partial charge in [0, 0.05) is 31.0 Å². The number of aromatic nitrogens is 3. The Hall–Kier alpha value is -1.86. The van der Waals surface area contributed by atoms with Gasteiger partial charge < -0.3 is 9.64 Å². The Kier molecular flexibility index (Phi) is 5.03. The molecule has 1 aromatic carbocycles. The fraction of sp³-hybridized carbons (Fsp3) is 0.500. The van der Waals surface area contributed by atoms with E-state index >= 15 is 0 Å². The highest BCUT2D eigenvalue weighted by atomic mass is 32.2. The van der Waals surface area contributed by atoms with Crippen LogP contribution in [-0.4, -0.2) is 50.7 Å². The van der Waals surface area contributed by atoms with Crippen LogP contribution in [0.15, 0.2) is 36.5 Å². The molecule has 0 unspecified atom stereocenters. The van der Waals surface area contributed by atoms with Gasteiger partial charge in [-0.05, 0) is 12.0 Å². The number of hydrogen-bond donors (Lipinski definition) is 0. The van der Waals surface area contributed by atoms with Crippen molar-refractivity contribution in [3.63, 3.8) is 0 Å². The van der Waals surface area contributed by atoms with Gasteiger partial charge in [0.2, 0.25) is 5.91 Å². The summed E-state index contributed by atoms with van der Waals surface area (Å²) in [4.78, 5) is 14.5. The Labute approximate surface area is 151 Å².